The van der Waals surface area contributed by atoms with E-state index in [4.69, 9.17) is 11.6 Å². The fourth-order valence-corrected chi connectivity index (χ4v) is 4.30. The van der Waals surface area contributed by atoms with Crippen LogP contribution in [0.1, 0.15) is 36.0 Å². The number of likely N-dealkylation sites (N-methyl/N-ethyl adjacent to an activating group) is 1. The number of piperazine rings is 1. The number of hydrogen-bond acceptors (Lipinski definition) is 3. The van der Waals surface area contributed by atoms with Crippen LogP contribution in [0.3, 0.4) is 0 Å². The summed E-state index contributed by atoms with van der Waals surface area (Å²) < 4.78 is 0. The van der Waals surface area contributed by atoms with Crippen LogP contribution in [0.25, 0.3) is 0 Å². The third kappa shape index (κ3) is 4.15. The van der Waals surface area contributed by atoms with E-state index in [1.165, 1.54) is 12.8 Å². The predicted molar refractivity (Wildman–Crippen MR) is 98.7 cm³/mol. The molecule has 1 atom stereocenters. The molecule has 1 heterocycles. The average Bonchev–Trinajstić information content (AvgIpc) is 3.16. The Morgan fingerprint density at radius 1 is 1.16 bits per heavy atom. The second-order valence-electron chi connectivity index (χ2n) is 6.94. The molecule has 0 bridgehead atoms. The van der Waals surface area contributed by atoms with E-state index >= 15 is 0 Å². The molecule has 0 radical (unpaired) electrons. The van der Waals surface area contributed by atoms with Gasteiger partial charge in [-0.15, -0.1) is 0 Å². The molecule has 2 aliphatic rings. The Balaban J connectivity index is 1.63. The summed E-state index contributed by atoms with van der Waals surface area (Å²) in [6.45, 7) is 2.76. The molecular weight excluding hydrogens is 338 g/mol. The number of benzene rings is 1. The zero-order valence-corrected chi connectivity index (χ0v) is 15.5. The van der Waals surface area contributed by atoms with Gasteiger partial charge in [-0.3, -0.25) is 14.5 Å². The normalized spacial score (nSPS) is 20.5. The Morgan fingerprint density at radius 3 is 2.44 bits per heavy atom. The number of hydrogen-bond donors (Lipinski definition) is 1. The zero-order chi connectivity index (χ0) is 17.8. The molecule has 2 fully saturated rings. The molecule has 1 saturated carbocycles. The van der Waals surface area contributed by atoms with Crippen molar-refractivity contribution in [2.45, 2.75) is 31.7 Å². The second kappa shape index (κ2) is 8.19. The minimum absolute atomic E-state index is 0.0134. The highest BCUT2D eigenvalue weighted by molar-refractivity contribution is 6.30. The van der Waals surface area contributed by atoms with Crippen molar-refractivity contribution in [1.82, 2.24) is 15.1 Å². The molecule has 2 amide bonds. The van der Waals surface area contributed by atoms with Crippen molar-refractivity contribution < 1.29 is 9.59 Å². The smallest absolute Gasteiger partial charge is 0.253 e. The fourth-order valence-electron chi connectivity index (χ4n) is 4.11. The lowest BCUT2D eigenvalue weighted by Gasteiger charge is -2.40. The average molecular weight is 364 g/mol. The van der Waals surface area contributed by atoms with Crippen LogP contribution in [0.5, 0.6) is 0 Å². The summed E-state index contributed by atoms with van der Waals surface area (Å²) in [5, 5.41) is 3.40. The lowest BCUT2D eigenvalue weighted by atomic mass is 9.95. The standard InChI is InChI=1S/C19H26ClN3O2/c1-21-18(24)17(14-5-2-3-6-14)22-9-11-23(12-10-22)19(25)15-7-4-8-16(20)13-15/h4,7-8,13-14,17H,2-3,5-6,9-12H2,1H3,(H,21,24)/t17-/m1/s1. The Bertz CT molecular complexity index is 623. The molecule has 136 valence electrons. The molecule has 1 saturated heterocycles. The first-order valence-corrected chi connectivity index (χ1v) is 9.48. The topological polar surface area (TPSA) is 52.7 Å². The van der Waals surface area contributed by atoms with Crippen molar-refractivity contribution in [2.24, 2.45) is 5.92 Å². The fraction of sp³-hybridized carbons (Fsp3) is 0.579. The Hall–Kier alpha value is -1.59. The molecule has 0 aromatic heterocycles. The predicted octanol–water partition coefficient (Wildman–Crippen LogP) is 2.40. The van der Waals surface area contributed by atoms with Crippen molar-refractivity contribution in [3.8, 4) is 0 Å². The molecule has 1 aliphatic carbocycles. The SMILES string of the molecule is CNC(=O)[C@@H](C1CCCC1)N1CCN(C(=O)c2cccc(Cl)c2)CC1. The van der Waals surface area contributed by atoms with Gasteiger partial charge in [-0.1, -0.05) is 30.5 Å². The first-order chi connectivity index (χ1) is 12.1. The van der Waals surface area contributed by atoms with Gasteiger partial charge in [-0.2, -0.15) is 0 Å². The zero-order valence-electron chi connectivity index (χ0n) is 14.7. The van der Waals surface area contributed by atoms with Crippen LogP contribution >= 0.6 is 11.6 Å². The molecule has 0 spiro atoms. The third-order valence-electron chi connectivity index (χ3n) is 5.43. The van der Waals surface area contributed by atoms with E-state index in [2.05, 4.69) is 10.2 Å². The largest absolute Gasteiger partial charge is 0.358 e. The quantitative estimate of drug-likeness (QED) is 0.893. The molecule has 1 aromatic rings. The monoisotopic (exact) mass is 363 g/mol. The van der Waals surface area contributed by atoms with Crippen molar-refractivity contribution in [1.29, 1.82) is 0 Å². The van der Waals surface area contributed by atoms with Crippen LogP contribution in [0.2, 0.25) is 5.02 Å². The molecule has 5 nitrogen and oxygen atoms in total. The minimum atomic E-state index is -0.0593. The van der Waals surface area contributed by atoms with E-state index in [1.54, 1.807) is 31.3 Å². The number of carbonyl (C=O) groups is 2. The van der Waals surface area contributed by atoms with Gasteiger partial charge in [0.25, 0.3) is 5.91 Å². The molecule has 1 aliphatic heterocycles. The van der Waals surface area contributed by atoms with Gasteiger partial charge < -0.3 is 10.2 Å². The van der Waals surface area contributed by atoms with Crippen molar-refractivity contribution >= 4 is 23.4 Å². The third-order valence-corrected chi connectivity index (χ3v) is 5.66. The van der Waals surface area contributed by atoms with Gasteiger partial charge >= 0.3 is 0 Å². The van der Waals surface area contributed by atoms with Crippen LogP contribution in [0.15, 0.2) is 24.3 Å². The van der Waals surface area contributed by atoms with Crippen LogP contribution in [0.4, 0.5) is 0 Å². The highest BCUT2D eigenvalue weighted by Crippen LogP contribution is 2.31. The molecule has 0 unspecified atom stereocenters. The summed E-state index contributed by atoms with van der Waals surface area (Å²) in [5.41, 5.74) is 0.625. The van der Waals surface area contributed by atoms with Gasteiger partial charge in [0.2, 0.25) is 5.91 Å². The maximum atomic E-state index is 12.6. The summed E-state index contributed by atoms with van der Waals surface area (Å²) >= 11 is 5.99. The number of rotatable bonds is 4. The van der Waals surface area contributed by atoms with Gasteiger partial charge in [0.05, 0.1) is 6.04 Å². The molecular formula is C19H26ClN3O2. The van der Waals surface area contributed by atoms with Crippen molar-refractivity contribution in [3.05, 3.63) is 34.9 Å². The summed E-state index contributed by atoms with van der Waals surface area (Å²) in [7, 11) is 1.71. The Labute approximate surface area is 154 Å². The number of halogens is 1. The van der Waals surface area contributed by atoms with Crippen LogP contribution < -0.4 is 5.32 Å². The molecule has 1 aromatic carbocycles. The van der Waals surface area contributed by atoms with Crippen LogP contribution in [-0.4, -0.2) is 60.9 Å². The van der Waals surface area contributed by atoms with E-state index in [1.807, 2.05) is 4.90 Å². The van der Waals surface area contributed by atoms with Crippen LogP contribution in [-0.2, 0) is 4.79 Å². The highest BCUT2D eigenvalue weighted by Gasteiger charge is 2.36. The second-order valence-corrected chi connectivity index (χ2v) is 7.38. The van der Waals surface area contributed by atoms with Gasteiger partial charge in [0.15, 0.2) is 0 Å². The first kappa shape index (κ1) is 18.2. The summed E-state index contributed by atoms with van der Waals surface area (Å²) in [6, 6.07) is 7.02. The van der Waals surface area contributed by atoms with E-state index < -0.39 is 0 Å². The minimum Gasteiger partial charge on any atom is -0.358 e. The summed E-state index contributed by atoms with van der Waals surface area (Å²) in [4.78, 5) is 29.2. The van der Waals surface area contributed by atoms with Gasteiger partial charge in [-0.25, -0.2) is 0 Å². The molecule has 6 heteroatoms. The van der Waals surface area contributed by atoms with Gasteiger partial charge in [0.1, 0.15) is 0 Å². The van der Waals surface area contributed by atoms with Crippen LogP contribution in [0, 0.1) is 5.92 Å². The van der Waals surface area contributed by atoms with Crippen molar-refractivity contribution in [2.75, 3.05) is 33.2 Å². The number of amides is 2. The maximum absolute atomic E-state index is 12.6. The molecule has 3 rings (SSSR count). The first-order valence-electron chi connectivity index (χ1n) is 9.10. The molecule has 1 N–H and O–H groups in total. The van der Waals surface area contributed by atoms with E-state index in [0.29, 0.717) is 29.6 Å². The van der Waals surface area contributed by atoms with Gasteiger partial charge in [-0.05, 0) is 37.0 Å². The summed E-state index contributed by atoms with van der Waals surface area (Å²) in [5.74, 6) is 0.566. The number of carbonyl (C=O) groups excluding carboxylic acids is 2. The Kier molecular flexibility index (Phi) is 5.97. The van der Waals surface area contributed by atoms with E-state index in [0.717, 1.165) is 25.9 Å². The van der Waals surface area contributed by atoms with E-state index in [9.17, 15) is 9.59 Å². The van der Waals surface area contributed by atoms with Crippen molar-refractivity contribution in [3.63, 3.8) is 0 Å². The van der Waals surface area contributed by atoms with E-state index in [-0.39, 0.29) is 17.9 Å². The lowest BCUT2D eigenvalue weighted by Crippen LogP contribution is -2.57. The highest BCUT2D eigenvalue weighted by atomic mass is 35.5. The maximum Gasteiger partial charge on any atom is 0.253 e. The summed E-state index contributed by atoms with van der Waals surface area (Å²) in [6.07, 6.45) is 4.68. The number of nitrogens with zero attached hydrogens (tertiary/aromatic N) is 2. The Morgan fingerprint density at radius 2 is 1.84 bits per heavy atom. The lowest BCUT2D eigenvalue weighted by molar-refractivity contribution is -0.128. The number of nitrogens with one attached hydrogen (secondary N) is 1. The molecule has 25 heavy (non-hydrogen) atoms. The van der Waals surface area contributed by atoms with Gasteiger partial charge in [0, 0.05) is 43.8 Å².